The lowest BCUT2D eigenvalue weighted by Gasteiger charge is -2.20. The topological polar surface area (TPSA) is 29.5 Å². The molecule has 3 nitrogen and oxygen atoms in total. The molecular formula is C16H31NO2. The molecule has 0 aromatic carbocycles. The number of hydrogen-bond acceptors (Lipinski definition) is 3. The Bertz CT molecular complexity index is 245. The average Bonchev–Trinajstić information content (AvgIpc) is 2.37. The van der Waals surface area contributed by atoms with Crippen LogP contribution < -0.4 is 0 Å². The lowest BCUT2D eigenvalue weighted by molar-refractivity contribution is -0.139. The van der Waals surface area contributed by atoms with E-state index in [0.29, 0.717) is 12.2 Å². The zero-order chi connectivity index (χ0) is 14.5. The van der Waals surface area contributed by atoms with E-state index in [9.17, 15) is 4.79 Å². The van der Waals surface area contributed by atoms with E-state index >= 15 is 0 Å². The van der Waals surface area contributed by atoms with Gasteiger partial charge in [-0.25, -0.2) is 4.79 Å². The Kier molecular flexibility index (Phi) is 11.7. The first-order valence-electron chi connectivity index (χ1n) is 7.66. The van der Waals surface area contributed by atoms with E-state index in [1.165, 1.54) is 45.3 Å². The maximum Gasteiger partial charge on any atom is 0.333 e. The SMILES string of the molecule is C=C(C)C(=O)OCCCCCCN(CCC)CCC. The quantitative estimate of drug-likeness (QED) is 0.307. The van der Waals surface area contributed by atoms with E-state index in [2.05, 4.69) is 25.3 Å². The van der Waals surface area contributed by atoms with Crippen molar-refractivity contribution in [2.75, 3.05) is 26.2 Å². The van der Waals surface area contributed by atoms with Crippen LogP contribution in [0.1, 0.15) is 59.3 Å². The first-order valence-corrected chi connectivity index (χ1v) is 7.66. The summed E-state index contributed by atoms with van der Waals surface area (Å²) >= 11 is 0. The van der Waals surface area contributed by atoms with E-state index in [1.54, 1.807) is 6.92 Å². The van der Waals surface area contributed by atoms with Crippen LogP contribution in [0.15, 0.2) is 12.2 Å². The summed E-state index contributed by atoms with van der Waals surface area (Å²) in [6, 6.07) is 0. The van der Waals surface area contributed by atoms with Crippen LogP contribution in [0.2, 0.25) is 0 Å². The van der Waals surface area contributed by atoms with Crippen LogP contribution in [-0.2, 0) is 9.53 Å². The van der Waals surface area contributed by atoms with Crippen molar-refractivity contribution in [2.24, 2.45) is 0 Å². The van der Waals surface area contributed by atoms with Crippen LogP contribution in [0, 0.1) is 0 Å². The molecule has 0 radical (unpaired) electrons. The first-order chi connectivity index (χ1) is 9.11. The molecule has 0 rings (SSSR count). The number of nitrogens with zero attached hydrogens (tertiary/aromatic N) is 1. The molecule has 0 saturated carbocycles. The molecule has 0 aliphatic heterocycles. The molecule has 0 saturated heterocycles. The maximum atomic E-state index is 11.1. The second kappa shape index (κ2) is 12.2. The van der Waals surface area contributed by atoms with Crippen LogP contribution >= 0.6 is 0 Å². The Morgan fingerprint density at radius 2 is 1.58 bits per heavy atom. The fourth-order valence-corrected chi connectivity index (χ4v) is 2.05. The molecular weight excluding hydrogens is 238 g/mol. The van der Waals surface area contributed by atoms with Crippen LogP contribution in [0.4, 0.5) is 0 Å². The molecule has 0 aliphatic carbocycles. The highest BCUT2D eigenvalue weighted by atomic mass is 16.5. The highest BCUT2D eigenvalue weighted by molar-refractivity contribution is 5.86. The Balaban J connectivity index is 3.43. The van der Waals surface area contributed by atoms with Crippen LogP contribution in [0.5, 0.6) is 0 Å². The minimum absolute atomic E-state index is 0.267. The van der Waals surface area contributed by atoms with Gasteiger partial charge >= 0.3 is 5.97 Å². The van der Waals surface area contributed by atoms with E-state index in [4.69, 9.17) is 4.74 Å². The highest BCUT2D eigenvalue weighted by Gasteiger charge is 2.03. The van der Waals surface area contributed by atoms with E-state index in [1.807, 2.05) is 0 Å². The van der Waals surface area contributed by atoms with Gasteiger partial charge in [-0.15, -0.1) is 0 Å². The molecule has 0 bridgehead atoms. The normalized spacial score (nSPS) is 10.7. The van der Waals surface area contributed by atoms with Crippen molar-refractivity contribution in [3.05, 3.63) is 12.2 Å². The fraction of sp³-hybridized carbons (Fsp3) is 0.812. The Morgan fingerprint density at radius 1 is 1.00 bits per heavy atom. The van der Waals surface area contributed by atoms with Crippen molar-refractivity contribution in [1.82, 2.24) is 4.90 Å². The molecule has 0 spiro atoms. The standard InChI is InChI=1S/C16H31NO2/c1-5-11-17(12-6-2)13-9-7-8-10-14-19-16(18)15(3)4/h3,5-14H2,1-2,4H3. The van der Waals surface area contributed by atoms with Crippen molar-refractivity contribution in [3.8, 4) is 0 Å². The van der Waals surface area contributed by atoms with Crippen LogP contribution in [-0.4, -0.2) is 37.1 Å². The number of hydrogen-bond donors (Lipinski definition) is 0. The van der Waals surface area contributed by atoms with Crippen LogP contribution in [0.25, 0.3) is 0 Å². The molecule has 0 N–H and O–H groups in total. The summed E-state index contributed by atoms with van der Waals surface area (Å²) in [6.45, 7) is 13.9. The van der Waals surface area contributed by atoms with Gasteiger partial charge < -0.3 is 9.64 Å². The van der Waals surface area contributed by atoms with Crippen molar-refractivity contribution >= 4 is 5.97 Å². The first kappa shape index (κ1) is 18.2. The molecule has 0 aromatic rings. The third-order valence-corrected chi connectivity index (χ3v) is 3.03. The molecule has 0 unspecified atom stereocenters. The number of unbranched alkanes of at least 4 members (excludes halogenated alkanes) is 3. The lowest BCUT2D eigenvalue weighted by atomic mass is 10.2. The van der Waals surface area contributed by atoms with Gasteiger partial charge in [-0.05, 0) is 52.2 Å². The van der Waals surface area contributed by atoms with Gasteiger partial charge in [0.1, 0.15) is 0 Å². The Hall–Kier alpha value is -0.830. The molecule has 0 aliphatic rings. The lowest BCUT2D eigenvalue weighted by Crippen LogP contribution is -2.26. The Labute approximate surface area is 119 Å². The molecule has 0 aromatic heterocycles. The largest absolute Gasteiger partial charge is 0.462 e. The van der Waals surface area contributed by atoms with Crippen molar-refractivity contribution in [1.29, 1.82) is 0 Å². The smallest absolute Gasteiger partial charge is 0.333 e. The summed E-state index contributed by atoms with van der Waals surface area (Å²) in [5.74, 6) is -0.267. The number of carbonyl (C=O) groups excluding carboxylic acids is 1. The number of carbonyl (C=O) groups is 1. The average molecular weight is 269 g/mol. The fourth-order valence-electron chi connectivity index (χ4n) is 2.05. The second-order valence-corrected chi connectivity index (χ2v) is 5.17. The van der Waals surface area contributed by atoms with E-state index in [-0.39, 0.29) is 5.97 Å². The minimum atomic E-state index is -0.267. The summed E-state index contributed by atoms with van der Waals surface area (Å²) in [7, 11) is 0. The zero-order valence-corrected chi connectivity index (χ0v) is 13.0. The van der Waals surface area contributed by atoms with Crippen molar-refractivity contribution in [2.45, 2.75) is 59.3 Å². The summed E-state index contributed by atoms with van der Waals surface area (Å²) < 4.78 is 5.06. The molecule has 3 heteroatoms. The van der Waals surface area contributed by atoms with Gasteiger partial charge in [0.2, 0.25) is 0 Å². The molecule has 0 heterocycles. The van der Waals surface area contributed by atoms with Crippen molar-refractivity contribution < 1.29 is 9.53 Å². The van der Waals surface area contributed by atoms with Crippen molar-refractivity contribution in [3.63, 3.8) is 0 Å². The van der Waals surface area contributed by atoms with Crippen LogP contribution in [0.3, 0.4) is 0 Å². The molecule has 0 fully saturated rings. The van der Waals surface area contributed by atoms with Gasteiger partial charge in [0, 0.05) is 5.57 Å². The highest BCUT2D eigenvalue weighted by Crippen LogP contribution is 2.04. The summed E-state index contributed by atoms with van der Waals surface area (Å²) in [5, 5.41) is 0. The van der Waals surface area contributed by atoms with E-state index in [0.717, 1.165) is 12.8 Å². The van der Waals surface area contributed by atoms with E-state index < -0.39 is 0 Å². The minimum Gasteiger partial charge on any atom is -0.462 e. The molecule has 112 valence electrons. The predicted molar refractivity (Wildman–Crippen MR) is 81.3 cm³/mol. The summed E-state index contributed by atoms with van der Waals surface area (Å²) in [4.78, 5) is 13.7. The number of ether oxygens (including phenoxy) is 1. The Morgan fingerprint density at radius 3 is 2.11 bits per heavy atom. The summed E-state index contributed by atoms with van der Waals surface area (Å²) in [6.07, 6.45) is 7.02. The molecule has 19 heavy (non-hydrogen) atoms. The number of rotatable bonds is 12. The van der Waals surface area contributed by atoms with Gasteiger partial charge in [0.05, 0.1) is 6.61 Å². The third-order valence-electron chi connectivity index (χ3n) is 3.03. The predicted octanol–water partition coefficient (Wildman–Crippen LogP) is 3.79. The van der Waals surface area contributed by atoms with Gasteiger partial charge in [-0.2, -0.15) is 0 Å². The van der Waals surface area contributed by atoms with Gasteiger partial charge in [0.25, 0.3) is 0 Å². The van der Waals surface area contributed by atoms with Gasteiger partial charge in [-0.3, -0.25) is 0 Å². The zero-order valence-electron chi connectivity index (χ0n) is 13.0. The molecule has 0 amide bonds. The monoisotopic (exact) mass is 269 g/mol. The second-order valence-electron chi connectivity index (χ2n) is 5.17. The number of esters is 1. The summed E-state index contributed by atoms with van der Waals surface area (Å²) in [5.41, 5.74) is 0.481. The maximum absolute atomic E-state index is 11.1. The third kappa shape index (κ3) is 10.8. The van der Waals surface area contributed by atoms with Gasteiger partial charge in [0.15, 0.2) is 0 Å². The van der Waals surface area contributed by atoms with Gasteiger partial charge in [-0.1, -0.05) is 33.3 Å². The molecule has 0 atom stereocenters.